The molecule has 0 unspecified atom stereocenters. The summed E-state index contributed by atoms with van der Waals surface area (Å²) in [6, 6.07) is 9.64. The highest BCUT2D eigenvalue weighted by Gasteiger charge is 2.31. The van der Waals surface area contributed by atoms with Crippen molar-refractivity contribution in [3.05, 3.63) is 53.6 Å². The van der Waals surface area contributed by atoms with Gasteiger partial charge in [-0.3, -0.25) is 4.79 Å². The largest absolute Gasteiger partial charge is 0.416 e. The summed E-state index contributed by atoms with van der Waals surface area (Å²) in [6.45, 7) is 3.29. The Morgan fingerprint density at radius 1 is 0.882 bits per heavy atom. The Balaban J connectivity index is 1.52. The molecule has 2 heterocycles. The van der Waals surface area contributed by atoms with Crippen molar-refractivity contribution in [2.45, 2.75) is 23.9 Å². The molecule has 2 aliphatic heterocycles. The van der Waals surface area contributed by atoms with E-state index in [9.17, 15) is 26.4 Å². The number of amides is 1. The summed E-state index contributed by atoms with van der Waals surface area (Å²) in [6.07, 6.45) is -2.36. The van der Waals surface area contributed by atoms with Crippen LogP contribution in [0.3, 0.4) is 0 Å². The van der Waals surface area contributed by atoms with Crippen LogP contribution in [0.4, 0.5) is 24.5 Å². The van der Waals surface area contributed by atoms with E-state index in [1.165, 1.54) is 31.3 Å². The molecule has 7 nitrogen and oxygen atoms in total. The van der Waals surface area contributed by atoms with Gasteiger partial charge in [-0.05, 0) is 62.4 Å². The minimum absolute atomic E-state index is 0.0321. The molecule has 2 aromatic rings. The van der Waals surface area contributed by atoms with E-state index < -0.39 is 21.8 Å². The Morgan fingerprint density at radius 3 is 2.06 bits per heavy atom. The van der Waals surface area contributed by atoms with Crippen LogP contribution in [0, 0.1) is 0 Å². The summed E-state index contributed by atoms with van der Waals surface area (Å²) in [7, 11) is -2.39. The van der Waals surface area contributed by atoms with E-state index in [4.69, 9.17) is 0 Å². The molecule has 2 fully saturated rings. The fourth-order valence-electron chi connectivity index (χ4n) is 4.40. The molecular weight excluding hydrogens is 469 g/mol. The lowest BCUT2D eigenvalue weighted by atomic mass is 10.1. The molecule has 0 saturated carbocycles. The van der Waals surface area contributed by atoms with Crippen molar-refractivity contribution >= 4 is 27.3 Å². The maximum Gasteiger partial charge on any atom is 0.416 e. The van der Waals surface area contributed by atoms with Crippen LogP contribution in [-0.4, -0.2) is 65.5 Å². The first-order valence-electron chi connectivity index (χ1n) is 11.1. The summed E-state index contributed by atoms with van der Waals surface area (Å²) in [5.41, 5.74) is 1.04. The number of piperazine rings is 1. The zero-order valence-corrected chi connectivity index (χ0v) is 19.6. The number of carbonyl (C=O) groups excluding carboxylic acids is 1. The lowest BCUT2D eigenvalue weighted by molar-refractivity contribution is -0.137. The van der Waals surface area contributed by atoms with Crippen LogP contribution >= 0.6 is 0 Å². The average molecular weight is 497 g/mol. The Labute approximate surface area is 197 Å². The van der Waals surface area contributed by atoms with Crippen LogP contribution < -0.4 is 14.5 Å². The molecule has 184 valence electrons. The number of sulfonamides is 1. The zero-order valence-electron chi connectivity index (χ0n) is 18.8. The molecule has 2 aliphatic rings. The first-order chi connectivity index (χ1) is 16.1. The van der Waals surface area contributed by atoms with Crippen LogP contribution in [-0.2, 0) is 16.2 Å². The topological polar surface area (TPSA) is 73.0 Å². The fraction of sp³-hybridized carbons (Fsp3) is 0.435. The quantitative estimate of drug-likeness (QED) is 0.689. The van der Waals surface area contributed by atoms with Gasteiger partial charge in [0.1, 0.15) is 0 Å². The van der Waals surface area contributed by atoms with Crippen molar-refractivity contribution in [1.82, 2.24) is 9.62 Å². The van der Waals surface area contributed by atoms with Gasteiger partial charge in [-0.1, -0.05) is 0 Å². The summed E-state index contributed by atoms with van der Waals surface area (Å²) >= 11 is 0. The monoisotopic (exact) mass is 496 g/mol. The lowest BCUT2D eigenvalue weighted by Gasteiger charge is -2.37. The van der Waals surface area contributed by atoms with Crippen molar-refractivity contribution in [3.63, 3.8) is 0 Å². The van der Waals surface area contributed by atoms with Gasteiger partial charge in [0, 0.05) is 50.6 Å². The van der Waals surface area contributed by atoms with Crippen LogP contribution in [0.25, 0.3) is 0 Å². The number of hydrogen-bond acceptors (Lipinski definition) is 5. The second kappa shape index (κ2) is 9.46. The van der Waals surface area contributed by atoms with Crippen molar-refractivity contribution < 1.29 is 26.4 Å². The summed E-state index contributed by atoms with van der Waals surface area (Å²) in [5.74, 6) is -0.248. The molecule has 0 aromatic heterocycles. The van der Waals surface area contributed by atoms with Gasteiger partial charge < -0.3 is 14.7 Å². The van der Waals surface area contributed by atoms with E-state index in [0.717, 1.165) is 43.8 Å². The summed E-state index contributed by atoms with van der Waals surface area (Å²) < 4.78 is 65.5. The third-order valence-electron chi connectivity index (χ3n) is 6.35. The number of halogens is 3. The van der Waals surface area contributed by atoms with Gasteiger partial charge in [0.05, 0.1) is 16.0 Å². The predicted octanol–water partition coefficient (Wildman–Crippen LogP) is 3.18. The molecule has 1 N–H and O–H groups in total. The van der Waals surface area contributed by atoms with Crippen molar-refractivity contribution in [1.29, 1.82) is 0 Å². The van der Waals surface area contributed by atoms with E-state index in [1.54, 1.807) is 11.0 Å². The molecule has 34 heavy (non-hydrogen) atoms. The normalized spacial score (nSPS) is 17.4. The molecule has 11 heteroatoms. The molecule has 2 saturated heterocycles. The standard InChI is InChI=1S/C23H27F3N4O3S/c1-27-34(32,33)19-8-9-21(29-10-2-3-11-29)20(16-19)22(31)30-14-12-28(13-15-30)18-6-4-17(5-7-18)23(24,25)26/h4-9,16,27H,2-3,10-15H2,1H3. The number of rotatable bonds is 5. The summed E-state index contributed by atoms with van der Waals surface area (Å²) in [5, 5.41) is 0. The fourth-order valence-corrected chi connectivity index (χ4v) is 5.16. The predicted molar refractivity (Wildman–Crippen MR) is 124 cm³/mol. The first kappa shape index (κ1) is 24.3. The second-order valence-electron chi connectivity index (χ2n) is 8.40. The van der Waals surface area contributed by atoms with Gasteiger partial charge in [-0.25, -0.2) is 13.1 Å². The first-order valence-corrected chi connectivity index (χ1v) is 12.6. The maximum atomic E-state index is 13.5. The maximum absolute atomic E-state index is 13.5. The van der Waals surface area contributed by atoms with E-state index in [1.807, 2.05) is 4.90 Å². The number of hydrogen-bond donors (Lipinski definition) is 1. The molecule has 4 rings (SSSR count). The van der Waals surface area contributed by atoms with Crippen molar-refractivity contribution in [2.24, 2.45) is 0 Å². The number of alkyl halides is 3. The summed E-state index contributed by atoms with van der Waals surface area (Å²) in [4.78, 5) is 19.2. The van der Waals surface area contributed by atoms with Gasteiger partial charge in [-0.15, -0.1) is 0 Å². The molecule has 0 spiro atoms. The molecule has 2 aromatic carbocycles. The lowest BCUT2D eigenvalue weighted by Crippen LogP contribution is -2.49. The Kier molecular flexibility index (Phi) is 6.77. The highest BCUT2D eigenvalue weighted by molar-refractivity contribution is 7.89. The van der Waals surface area contributed by atoms with Crippen molar-refractivity contribution in [2.75, 3.05) is 56.1 Å². The van der Waals surface area contributed by atoms with Gasteiger partial charge in [0.25, 0.3) is 5.91 Å². The molecule has 0 bridgehead atoms. The number of anilines is 2. The Morgan fingerprint density at radius 2 is 1.50 bits per heavy atom. The Bertz CT molecular complexity index is 1140. The van der Waals surface area contributed by atoms with E-state index >= 15 is 0 Å². The van der Waals surface area contributed by atoms with E-state index in [0.29, 0.717) is 37.4 Å². The number of benzene rings is 2. The van der Waals surface area contributed by atoms with Crippen LogP contribution in [0.5, 0.6) is 0 Å². The molecule has 1 amide bonds. The average Bonchev–Trinajstić information content (AvgIpc) is 3.38. The van der Waals surface area contributed by atoms with Crippen LogP contribution in [0.15, 0.2) is 47.4 Å². The van der Waals surface area contributed by atoms with Crippen molar-refractivity contribution in [3.8, 4) is 0 Å². The minimum Gasteiger partial charge on any atom is -0.371 e. The Hall–Kier alpha value is -2.79. The number of nitrogens with zero attached hydrogens (tertiary/aromatic N) is 3. The van der Waals surface area contributed by atoms with Gasteiger partial charge in [-0.2, -0.15) is 13.2 Å². The third kappa shape index (κ3) is 5.00. The highest BCUT2D eigenvalue weighted by atomic mass is 32.2. The molecule has 0 atom stereocenters. The second-order valence-corrected chi connectivity index (χ2v) is 10.3. The third-order valence-corrected chi connectivity index (χ3v) is 7.76. The van der Waals surface area contributed by atoms with Gasteiger partial charge >= 0.3 is 6.18 Å². The van der Waals surface area contributed by atoms with E-state index in [2.05, 4.69) is 9.62 Å². The zero-order chi connectivity index (χ0) is 24.5. The van der Waals surface area contributed by atoms with Crippen LogP contribution in [0.1, 0.15) is 28.8 Å². The minimum atomic E-state index is -4.38. The number of carbonyl (C=O) groups is 1. The van der Waals surface area contributed by atoms with Gasteiger partial charge in [0.15, 0.2) is 0 Å². The SMILES string of the molecule is CNS(=O)(=O)c1ccc(N2CCCC2)c(C(=O)N2CCN(c3ccc(C(F)(F)F)cc3)CC2)c1. The molecular formula is C23H27F3N4O3S. The molecule has 0 radical (unpaired) electrons. The van der Waals surface area contributed by atoms with Gasteiger partial charge in [0.2, 0.25) is 10.0 Å². The molecule has 0 aliphatic carbocycles. The number of nitrogens with one attached hydrogen (secondary N) is 1. The van der Waals surface area contributed by atoms with E-state index in [-0.39, 0.29) is 10.8 Å². The highest BCUT2D eigenvalue weighted by Crippen LogP contribution is 2.31. The van der Waals surface area contributed by atoms with Crippen LogP contribution in [0.2, 0.25) is 0 Å². The smallest absolute Gasteiger partial charge is 0.371 e.